The number of hydrogen-bond acceptors (Lipinski definition) is 2. The Morgan fingerprint density at radius 3 is 2.93 bits per heavy atom. The summed E-state index contributed by atoms with van der Waals surface area (Å²) in [4.78, 5) is 0. The monoisotopic (exact) mass is 226 g/mol. The highest BCUT2D eigenvalue weighted by Crippen LogP contribution is 2.22. The average molecular weight is 227 g/mol. The SMILES string of the molecule is Cc1ccc(Cl)cc1OCCCC(=N)N. The van der Waals surface area contributed by atoms with Crippen LogP contribution in [0.3, 0.4) is 0 Å². The molecule has 0 heterocycles. The molecule has 3 nitrogen and oxygen atoms in total. The van der Waals surface area contributed by atoms with Gasteiger partial charge in [0.2, 0.25) is 0 Å². The fraction of sp³-hybridized carbons (Fsp3) is 0.364. The summed E-state index contributed by atoms with van der Waals surface area (Å²) in [6.07, 6.45) is 1.32. The maximum absolute atomic E-state index is 7.05. The summed E-state index contributed by atoms with van der Waals surface area (Å²) in [5.41, 5.74) is 6.29. The molecular weight excluding hydrogens is 212 g/mol. The number of hydrogen-bond donors (Lipinski definition) is 2. The van der Waals surface area contributed by atoms with Crippen LogP contribution in [-0.2, 0) is 0 Å². The number of benzene rings is 1. The molecule has 0 saturated carbocycles. The lowest BCUT2D eigenvalue weighted by Gasteiger charge is -2.08. The summed E-state index contributed by atoms with van der Waals surface area (Å²) in [5, 5.41) is 7.72. The van der Waals surface area contributed by atoms with E-state index < -0.39 is 0 Å². The van der Waals surface area contributed by atoms with E-state index in [0.717, 1.165) is 17.7 Å². The normalized spacial score (nSPS) is 10.0. The molecule has 4 heteroatoms. The minimum Gasteiger partial charge on any atom is -0.493 e. The predicted molar refractivity (Wildman–Crippen MR) is 62.8 cm³/mol. The number of rotatable bonds is 5. The van der Waals surface area contributed by atoms with Crippen LogP contribution >= 0.6 is 11.6 Å². The van der Waals surface area contributed by atoms with Crippen LogP contribution in [0.4, 0.5) is 0 Å². The van der Waals surface area contributed by atoms with Crippen LogP contribution in [-0.4, -0.2) is 12.4 Å². The number of amidine groups is 1. The third-order valence-electron chi connectivity index (χ3n) is 2.00. The van der Waals surface area contributed by atoms with Crippen molar-refractivity contribution in [1.82, 2.24) is 0 Å². The zero-order valence-corrected chi connectivity index (χ0v) is 9.47. The molecule has 15 heavy (non-hydrogen) atoms. The van der Waals surface area contributed by atoms with Gasteiger partial charge in [0.25, 0.3) is 0 Å². The highest BCUT2D eigenvalue weighted by Gasteiger charge is 2.00. The quantitative estimate of drug-likeness (QED) is 0.461. The van der Waals surface area contributed by atoms with Crippen LogP contribution in [0.1, 0.15) is 18.4 Å². The summed E-state index contributed by atoms with van der Waals surface area (Å²) in [7, 11) is 0. The van der Waals surface area contributed by atoms with E-state index in [2.05, 4.69) is 0 Å². The number of ether oxygens (including phenoxy) is 1. The highest BCUT2D eigenvalue weighted by molar-refractivity contribution is 6.30. The van der Waals surface area contributed by atoms with Crippen LogP contribution in [0.5, 0.6) is 5.75 Å². The minimum atomic E-state index is 0.196. The van der Waals surface area contributed by atoms with Crippen molar-refractivity contribution in [3.05, 3.63) is 28.8 Å². The Balaban J connectivity index is 2.43. The third-order valence-corrected chi connectivity index (χ3v) is 2.23. The van der Waals surface area contributed by atoms with Crippen molar-refractivity contribution in [3.63, 3.8) is 0 Å². The Labute approximate surface area is 94.7 Å². The molecule has 1 aromatic rings. The number of nitrogens with one attached hydrogen (secondary N) is 1. The topological polar surface area (TPSA) is 59.1 Å². The second kappa shape index (κ2) is 5.61. The van der Waals surface area contributed by atoms with Crippen LogP contribution in [0.2, 0.25) is 5.02 Å². The third kappa shape index (κ3) is 4.21. The zero-order chi connectivity index (χ0) is 11.3. The van der Waals surface area contributed by atoms with Gasteiger partial charge >= 0.3 is 0 Å². The van der Waals surface area contributed by atoms with Gasteiger partial charge < -0.3 is 10.5 Å². The number of nitrogens with two attached hydrogens (primary N) is 1. The van der Waals surface area contributed by atoms with E-state index in [-0.39, 0.29) is 5.84 Å². The Hall–Kier alpha value is -1.22. The van der Waals surface area contributed by atoms with Crippen LogP contribution < -0.4 is 10.5 Å². The maximum atomic E-state index is 7.05. The number of halogens is 1. The van der Waals surface area contributed by atoms with E-state index in [1.54, 1.807) is 6.07 Å². The number of aryl methyl sites for hydroxylation is 1. The molecule has 0 amide bonds. The van der Waals surface area contributed by atoms with Crippen LogP contribution in [0, 0.1) is 12.3 Å². The van der Waals surface area contributed by atoms with Gasteiger partial charge in [0.05, 0.1) is 12.4 Å². The van der Waals surface area contributed by atoms with E-state index in [0.29, 0.717) is 18.1 Å². The van der Waals surface area contributed by atoms with Gasteiger partial charge in [-0.15, -0.1) is 0 Å². The van der Waals surface area contributed by atoms with E-state index in [1.807, 2.05) is 19.1 Å². The van der Waals surface area contributed by atoms with Crippen molar-refractivity contribution < 1.29 is 4.74 Å². The second-order valence-electron chi connectivity index (χ2n) is 3.39. The zero-order valence-electron chi connectivity index (χ0n) is 8.72. The van der Waals surface area contributed by atoms with Gasteiger partial charge in [-0.3, -0.25) is 5.41 Å². The molecule has 0 fully saturated rings. The Morgan fingerprint density at radius 1 is 1.53 bits per heavy atom. The van der Waals surface area contributed by atoms with Gasteiger partial charge in [0.1, 0.15) is 5.75 Å². The fourth-order valence-corrected chi connectivity index (χ4v) is 1.34. The molecule has 0 radical (unpaired) electrons. The lowest BCUT2D eigenvalue weighted by Crippen LogP contribution is -2.11. The molecule has 0 aliphatic carbocycles. The molecule has 82 valence electrons. The standard InChI is InChI=1S/C11H15ClN2O/c1-8-4-5-9(12)7-10(8)15-6-2-3-11(13)14/h4-5,7H,2-3,6H2,1H3,(H3,13,14). The molecule has 0 aliphatic heterocycles. The lowest BCUT2D eigenvalue weighted by molar-refractivity contribution is 0.311. The summed E-state index contributed by atoms with van der Waals surface area (Å²) >= 11 is 5.85. The largest absolute Gasteiger partial charge is 0.493 e. The molecule has 0 atom stereocenters. The van der Waals surface area contributed by atoms with E-state index in [1.165, 1.54) is 0 Å². The molecule has 0 saturated heterocycles. The Kier molecular flexibility index (Phi) is 4.43. The molecule has 0 aromatic heterocycles. The average Bonchev–Trinajstić information content (AvgIpc) is 2.17. The molecular formula is C11H15ClN2O. The van der Waals surface area contributed by atoms with E-state index in [9.17, 15) is 0 Å². The highest BCUT2D eigenvalue weighted by atomic mass is 35.5. The molecule has 1 aromatic carbocycles. The van der Waals surface area contributed by atoms with Gasteiger partial charge in [-0.2, -0.15) is 0 Å². The summed E-state index contributed by atoms with van der Waals surface area (Å²) in [5.74, 6) is 0.993. The van der Waals surface area contributed by atoms with Gasteiger partial charge in [0.15, 0.2) is 0 Å². The molecule has 0 bridgehead atoms. The van der Waals surface area contributed by atoms with Gasteiger partial charge in [-0.05, 0) is 31.0 Å². The van der Waals surface area contributed by atoms with Gasteiger partial charge in [0, 0.05) is 11.4 Å². The summed E-state index contributed by atoms with van der Waals surface area (Å²) < 4.78 is 5.53. The molecule has 1 rings (SSSR count). The van der Waals surface area contributed by atoms with Crippen LogP contribution in [0.15, 0.2) is 18.2 Å². The van der Waals surface area contributed by atoms with Gasteiger partial charge in [-0.25, -0.2) is 0 Å². The smallest absolute Gasteiger partial charge is 0.123 e. The first kappa shape index (κ1) is 11.9. The second-order valence-corrected chi connectivity index (χ2v) is 3.82. The fourth-order valence-electron chi connectivity index (χ4n) is 1.17. The van der Waals surface area contributed by atoms with Crippen molar-refractivity contribution in [2.75, 3.05) is 6.61 Å². The van der Waals surface area contributed by atoms with E-state index >= 15 is 0 Å². The van der Waals surface area contributed by atoms with Crippen LogP contribution in [0.25, 0.3) is 0 Å². The van der Waals surface area contributed by atoms with Crippen molar-refractivity contribution >= 4 is 17.4 Å². The lowest BCUT2D eigenvalue weighted by atomic mass is 10.2. The summed E-state index contributed by atoms with van der Waals surface area (Å²) in [6.45, 7) is 2.53. The molecule has 0 spiro atoms. The molecule has 3 N–H and O–H groups in total. The Morgan fingerprint density at radius 2 is 2.27 bits per heavy atom. The van der Waals surface area contributed by atoms with Crippen molar-refractivity contribution in [3.8, 4) is 5.75 Å². The first-order valence-electron chi connectivity index (χ1n) is 4.81. The molecule has 0 unspecified atom stereocenters. The van der Waals surface area contributed by atoms with E-state index in [4.69, 9.17) is 27.5 Å². The predicted octanol–water partition coefficient (Wildman–Crippen LogP) is 2.74. The summed E-state index contributed by atoms with van der Waals surface area (Å²) in [6, 6.07) is 5.55. The van der Waals surface area contributed by atoms with Crippen molar-refractivity contribution in [1.29, 1.82) is 5.41 Å². The first-order chi connectivity index (χ1) is 7.09. The Bertz CT molecular complexity index is 352. The first-order valence-corrected chi connectivity index (χ1v) is 5.19. The van der Waals surface area contributed by atoms with Crippen molar-refractivity contribution in [2.24, 2.45) is 5.73 Å². The minimum absolute atomic E-state index is 0.196. The van der Waals surface area contributed by atoms with Gasteiger partial charge in [-0.1, -0.05) is 17.7 Å². The van der Waals surface area contributed by atoms with Crippen molar-refractivity contribution in [2.45, 2.75) is 19.8 Å². The maximum Gasteiger partial charge on any atom is 0.123 e. The molecule has 0 aliphatic rings.